The molecule has 1 aromatic heterocycles. The molecule has 1 amide bonds. The lowest BCUT2D eigenvalue weighted by Gasteiger charge is -2.24. The summed E-state index contributed by atoms with van der Waals surface area (Å²) in [5, 5.41) is 3.21. The first-order valence-electron chi connectivity index (χ1n) is 8.64. The van der Waals surface area contributed by atoms with Crippen molar-refractivity contribution < 1.29 is 4.79 Å². The van der Waals surface area contributed by atoms with Crippen LogP contribution in [0.2, 0.25) is 0 Å². The maximum atomic E-state index is 12.5. The summed E-state index contributed by atoms with van der Waals surface area (Å²) in [7, 11) is 2.14. The molecule has 1 aliphatic rings. The minimum Gasteiger partial charge on any atom is -0.348 e. The second-order valence-corrected chi connectivity index (χ2v) is 6.97. The molecule has 23 heavy (non-hydrogen) atoms. The molecule has 1 atom stereocenters. The SMILES string of the molecule is CC(C)C[C@@H](NC(=O)CN1CCCN(C)CC1)c1cccnc1. The van der Waals surface area contributed by atoms with Gasteiger partial charge in [-0.15, -0.1) is 0 Å². The van der Waals surface area contributed by atoms with E-state index < -0.39 is 0 Å². The van der Waals surface area contributed by atoms with Crippen LogP contribution in [-0.2, 0) is 4.79 Å². The van der Waals surface area contributed by atoms with Gasteiger partial charge in [0.25, 0.3) is 0 Å². The Labute approximate surface area is 140 Å². The second kappa shape index (κ2) is 8.99. The van der Waals surface area contributed by atoms with Crippen molar-refractivity contribution in [2.45, 2.75) is 32.7 Å². The highest BCUT2D eigenvalue weighted by molar-refractivity contribution is 5.78. The van der Waals surface area contributed by atoms with Crippen molar-refractivity contribution in [3.8, 4) is 0 Å². The number of hydrogen-bond donors (Lipinski definition) is 1. The van der Waals surface area contributed by atoms with Crippen LogP contribution in [0.3, 0.4) is 0 Å². The summed E-state index contributed by atoms with van der Waals surface area (Å²) in [4.78, 5) is 21.3. The smallest absolute Gasteiger partial charge is 0.234 e. The normalized spacial score (nSPS) is 18.6. The molecule has 0 radical (unpaired) electrons. The monoisotopic (exact) mass is 318 g/mol. The van der Waals surface area contributed by atoms with E-state index in [-0.39, 0.29) is 11.9 Å². The summed E-state index contributed by atoms with van der Waals surface area (Å²) in [6, 6.07) is 4.02. The van der Waals surface area contributed by atoms with Crippen LogP contribution in [0.5, 0.6) is 0 Å². The van der Waals surface area contributed by atoms with Gasteiger partial charge in [-0.05, 0) is 50.5 Å². The van der Waals surface area contributed by atoms with Crippen molar-refractivity contribution in [2.75, 3.05) is 39.8 Å². The summed E-state index contributed by atoms with van der Waals surface area (Å²) in [6.45, 7) is 8.96. The molecule has 2 heterocycles. The summed E-state index contributed by atoms with van der Waals surface area (Å²) >= 11 is 0. The fourth-order valence-corrected chi connectivity index (χ4v) is 3.03. The van der Waals surface area contributed by atoms with Gasteiger partial charge in [-0.3, -0.25) is 14.7 Å². The van der Waals surface area contributed by atoms with Crippen LogP contribution in [0, 0.1) is 5.92 Å². The summed E-state index contributed by atoms with van der Waals surface area (Å²) in [5.74, 6) is 0.636. The second-order valence-electron chi connectivity index (χ2n) is 6.97. The largest absolute Gasteiger partial charge is 0.348 e. The van der Waals surface area contributed by atoms with Gasteiger partial charge in [0.15, 0.2) is 0 Å². The number of carbonyl (C=O) groups excluding carboxylic acids is 1. The van der Waals surface area contributed by atoms with Crippen molar-refractivity contribution in [3.63, 3.8) is 0 Å². The summed E-state index contributed by atoms with van der Waals surface area (Å²) < 4.78 is 0. The van der Waals surface area contributed by atoms with Crippen molar-refractivity contribution in [2.24, 2.45) is 5.92 Å². The number of likely N-dealkylation sites (N-methyl/N-ethyl adjacent to an activating group) is 1. The van der Waals surface area contributed by atoms with Crippen molar-refractivity contribution in [3.05, 3.63) is 30.1 Å². The third-order valence-corrected chi connectivity index (χ3v) is 4.31. The molecule has 1 aliphatic heterocycles. The number of carbonyl (C=O) groups is 1. The van der Waals surface area contributed by atoms with Crippen LogP contribution in [0.1, 0.15) is 38.3 Å². The predicted molar refractivity (Wildman–Crippen MR) is 93.1 cm³/mol. The van der Waals surface area contributed by atoms with Crippen LogP contribution in [0.15, 0.2) is 24.5 Å². The topological polar surface area (TPSA) is 48.5 Å². The number of nitrogens with zero attached hydrogens (tertiary/aromatic N) is 3. The Morgan fingerprint density at radius 1 is 1.30 bits per heavy atom. The van der Waals surface area contributed by atoms with Gasteiger partial charge in [0.1, 0.15) is 0 Å². The van der Waals surface area contributed by atoms with Crippen molar-refractivity contribution in [1.82, 2.24) is 20.1 Å². The average Bonchev–Trinajstić information content (AvgIpc) is 2.72. The van der Waals surface area contributed by atoms with E-state index in [4.69, 9.17) is 0 Å². The molecule has 0 unspecified atom stereocenters. The molecule has 128 valence electrons. The Morgan fingerprint density at radius 3 is 2.83 bits per heavy atom. The first kappa shape index (κ1) is 17.9. The Hall–Kier alpha value is -1.46. The van der Waals surface area contributed by atoms with Gasteiger partial charge in [-0.25, -0.2) is 0 Å². The summed E-state index contributed by atoms with van der Waals surface area (Å²) in [5.41, 5.74) is 1.09. The maximum Gasteiger partial charge on any atom is 0.234 e. The summed E-state index contributed by atoms with van der Waals surface area (Å²) in [6.07, 6.45) is 5.68. The van der Waals surface area contributed by atoms with Crippen LogP contribution in [-0.4, -0.2) is 60.5 Å². The van der Waals surface area contributed by atoms with E-state index in [0.29, 0.717) is 12.5 Å². The molecule has 1 fully saturated rings. The standard InChI is InChI=1S/C18H30N4O/c1-15(2)12-17(16-6-4-7-19-13-16)20-18(23)14-22-9-5-8-21(3)10-11-22/h4,6-7,13,15,17H,5,8-12,14H2,1-3H3,(H,20,23)/t17-/m1/s1. The van der Waals surface area contributed by atoms with Gasteiger partial charge in [0.05, 0.1) is 12.6 Å². The van der Waals surface area contributed by atoms with E-state index in [9.17, 15) is 4.79 Å². The molecule has 1 N–H and O–H groups in total. The molecule has 0 aliphatic carbocycles. The van der Waals surface area contributed by atoms with E-state index >= 15 is 0 Å². The fraction of sp³-hybridized carbons (Fsp3) is 0.667. The highest BCUT2D eigenvalue weighted by Gasteiger charge is 2.19. The average molecular weight is 318 g/mol. The minimum absolute atomic E-state index is 0.0471. The van der Waals surface area contributed by atoms with Crippen molar-refractivity contribution >= 4 is 5.91 Å². The van der Waals surface area contributed by atoms with Crippen LogP contribution in [0.4, 0.5) is 0 Å². The highest BCUT2D eigenvalue weighted by atomic mass is 16.2. The molecule has 2 rings (SSSR count). The van der Waals surface area contributed by atoms with E-state index in [0.717, 1.165) is 44.6 Å². The number of hydrogen-bond acceptors (Lipinski definition) is 4. The van der Waals surface area contributed by atoms with E-state index in [1.54, 1.807) is 6.20 Å². The van der Waals surface area contributed by atoms with Gasteiger partial charge < -0.3 is 10.2 Å². The number of pyridine rings is 1. The first-order chi connectivity index (χ1) is 11.0. The molecular formula is C18H30N4O. The van der Waals surface area contributed by atoms with Crippen LogP contribution in [0.25, 0.3) is 0 Å². The molecule has 0 aromatic carbocycles. The fourth-order valence-electron chi connectivity index (χ4n) is 3.03. The highest BCUT2D eigenvalue weighted by Crippen LogP contribution is 2.20. The van der Waals surface area contributed by atoms with Gasteiger partial charge in [0, 0.05) is 25.5 Å². The predicted octanol–water partition coefficient (Wildman–Crippen LogP) is 1.92. The zero-order valence-corrected chi connectivity index (χ0v) is 14.7. The van der Waals surface area contributed by atoms with E-state index in [1.807, 2.05) is 18.3 Å². The number of aromatic nitrogens is 1. The lowest BCUT2D eigenvalue weighted by atomic mass is 9.98. The van der Waals surface area contributed by atoms with Gasteiger partial charge in [0.2, 0.25) is 5.91 Å². The third kappa shape index (κ3) is 6.28. The number of nitrogens with one attached hydrogen (secondary N) is 1. The third-order valence-electron chi connectivity index (χ3n) is 4.31. The van der Waals surface area contributed by atoms with Crippen molar-refractivity contribution in [1.29, 1.82) is 0 Å². The lowest BCUT2D eigenvalue weighted by Crippen LogP contribution is -2.40. The molecular weight excluding hydrogens is 288 g/mol. The van der Waals surface area contributed by atoms with Crippen LogP contribution >= 0.6 is 0 Å². The van der Waals surface area contributed by atoms with Crippen LogP contribution < -0.4 is 5.32 Å². The molecule has 0 saturated carbocycles. The van der Waals surface area contributed by atoms with E-state index in [2.05, 4.69) is 41.0 Å². The van der Waals surface area contributed by atoms with Gasteiger partial charge >= 0.3 is 0 Å². The maximum absolute atomic E-state index is 12.5. The quantitative estimate of drug-likeness (QED) is 0.870. The molecule has 0 bridgehead atoms. The first-order valence-corrected chi connectivity index (χ1v) is 8.64. The van der Waals surface area contributed by atoms with Gasteiger partial charge in [-0.1, -0.05) is 19.9 Å². The molecule has 5 heteroatoms. The lowest BCUT2D eigenvalue weighted by molar-refractivity contribution is -0.123. The number of amides is 1. The molecule has 0 spiro atoms. The van der Waals surface area contributed by atoms with Gasteiger partial charge in [-0.2, -0.15) is 0 Å². The zero-order chi connectivity index (χ0) is 16.7. The Kier molecular flexibility index (Phi) is 6.99. The molecule has 1 aromatic rings. The van der Waals surface area contributed by atoms with E-state index in [1.165, 1.54) is 0 Å². The molecule has 1 saturated heterocycles. The number of rotatable bonds is 6. The minimum atomic E-state index is 0.0471. The molecule has 5 nitrogen and oxygen atoms in total. The Balaban J connectivity index is 1.92. The Bertz CT molecular complexity index is 477. The Morgan fingerprint density at radius 2 is 2.13 bits per heavy atom. The zero-order valence-electron chi connectivity index (χ0n) is 14.7.